The van der Waals surface area contributed by atoms with Crippen LogP contribution in [-0.2, 0) is 4.79 Å². The number of hydrogen-bond donors (Lipinski definition) is 1. The minimum absolute atomic E-state index is 0.0440. The van der Waals surface area contributed by atoms with Gasteiger partial charge in [-0.25, -0.2) is 0 Å². The molecule has 0 aliphatic rings. The molecule has 9 heavy (non-hydrogen) atoms. The van der Waals surface area contributed by atoms with E-state index in [-0.39, 0.29) is 10.7 Å². The summed E-state index contributed by atoms with van der Waals surface area (Å²) < 4.78 is -0.632. The average molecular weight is 259 g/mol. The minimum Gasteiger partial charge on any atom is -0.368 e. The molecule has 0 heterocycles. The molecule has 0 aromatic heterocycles. The van der Waals surface area contributed by atoms with Gasteiger partial charge in [-0.1, -0.05) is 38.8 Å². The molecule has 1 amide bonds. The zero-order chi connectivity index (χ0) is 7.65. The summed E-state index contributed by atoms with van der Waals surface area (Å²) in [5.41, 5.74) is 5.06. The zero-order valence-electron chi connectivity index (χ0n) is 5.32. The van der Waals surface area contributed by atoms with Crippen molar-refractivity contribution in [1.82, 2.24) is 0 Å². The quantitative estimate of drug-likeness (QED) is 0.748. The molecule has 0 spiro atoms. The summed E-state index contributed by atoms with van der Waals surface area (Å²) in [5, 5.41) is 0. The van der Waals surface area contributed by atoms with Crippen LogP contribution in [0.5, 0.6) is 0 Å². The van der Waals surface area contributed by atoms with E-state index in [1.165, 1.54) is 0 Å². The van der Waals surface area contributed by atoms with Gasteiger partial charge in [0.1, 0.15) is 4.32 Å². The fourth-order valence-electron chi connectivity index (χ4n) is 0.196. The van der Waals surface area contributed by atoms with E-state index in [0.717, 1.165) is 0 Å². The van der Waals surface area contributed by atoms with Crippen LogP contribution in [0.2, 0.25) is 0 Å². The van der Waals surface area contributed by atoms with E-state index < -0.39 is 4.32 Å². The predicted molar refractivity (Wildman–Crippen MR) is 44.9 cm³/mol. The number of rotatable bonds is 2. The molecule has 0 fully saturated rings. The molecule has 0 aliphatic heterocycles. The third kappa shape index (κ3) is 2.26. The second-order valence-corrected chi connectivity index (χ2v) is 5.08. The number of hydrogen-bond acceptors (Lipinski definition) is 1. The first-order valence-electron chi connectivity index (χ1n) is 2.52. The second-order valence-electron chi connectivity index (χ2n) is 2.06. The Morgan fingerprint density at radius 1 is 1.78 bits per heavy atom. The van der Waals surface area contributed by atoms with Crippen LogP contribution < -0.4 is 5.73 Å². The van der Waals surface area contributed by atoms with Gasteiger partial charge < -0.3 is 5.73 Å². The van der Waals surface area contributed by atoms with Crippen LogP contribution in [-0.4, -0.2) is 15.1 Å². The summed E-state index contributed by atoms with van der Waals surface area (Å²) in [6, 6.07) is 0. The molecule has 0 aromatic carbocycles. The Bertz CT molecular complexity index is 122. The maximum atomic E-state index is 10.6. The van der Waals surface area contributed by atoms with Gasteiger partial charge in [0, 0.05) is 4.83 Å². The van der Waals surface area contributed by atoms with Gasteiger partial charge >= 0.3 is 0 Å². The topological polar surface area (TPSA) is 43.1 Å². The summed E-state index contributed by atoms with van der Waals surface area (Å²) in [5.74, 6) is -0.355. The van der Waals surface area contributed by atoms with E-state index in [2.05, 4.69) is 31.9 Å². The van der Waals surface area contributed by atoms with Crippen LogP contribution in [0.15, 0.2) is 0 Å². The van der Waals surface area contributed by atoms with Gasteiger partial charge in [0.05, 0.1) is 0 Å². The van der Waals surface area contributed by atoms with Crippen LogP contribution in [0.4, 0.5) is 0 Å². The normalized spacial score (nSPS) is 20.4. The monoisotopic (exact) mass is 257 g/mol. The lowest BCUT2D eigenvalue weighted by molar-refractivity contribution is -0.119. The molecule has 0 bridgehead atoms. The molecule has 2 atom stereocenters. The lowest BCUT2D eigenvalue weighted by Crippen LogP contribution is -2.41. The summed E-state index contributed by atoms with van der Waals surface area (Å²) in [6.07, 6.45) is 0. The molecule has 2 N–H and O–H groups in total. The maximum Gasteiger partial charge on any atom is 0.235 e. The van der Waals surface area contributed by atoms with Gasteiger partial charge in [-0.15, -0.1) is 0 Å². The highest BCUT2D eigenvalue weighted by molar-refractivity contribution is 9.12. The number of carbonyl (C=O) groups excluding carboxylic acids is 1. The van der Waals surface area contributed by atoms with E-state index in [9.17, 15) is 4.79 Å². The Balaban J connectivity index is 4.19. The van der Waals surface area contributed by atoms with Crippen molar-refractivity contribution in [3.63, 3.8) is 0 Å². The lowest BCUT2D eigenvalue weighted by atomic mass is 10.1. The van der Waals surface area contributed by atoms with Gasteiger partial charge in [-0.05, 0) is 6.92 Å². The van der Waals surface area contributed by atoms with Gasteiger partial charge in [0.2, 0.25) is 5.91 Å². The molecular formula is C5H9Br2NO. The van der Waals surface area contributed by atoms with Crippen LogP contribution in [0.3, 0.4) is 0 Å². The second kappa shape index (κ2) is 3.01. The van der Waals surface area contributed by atoms with E-state index in [0.29, 0.717) is 0 Å². The predicted octanol–water partition coefficient (Wildman–Crippen LogP) is 1.41. The van der Waals surface area contributed by atoms with Crippen molar-refractivity contribution < 1.29 is 4.79 Å². The fourth-order valence-corrected chi connectivity index (χ4v) is 0.422. The summed E-state index contributed by atoms with van der Waals surface area (Å²) >= 11 is 6.44. The highest BCUT2D eigenvalue weighted by Gasteiger charge is 2.32. The van der Waals surface area contributed by atoms with Gasteiger partial charge in [-0.3, -0.25) is 4.79 Å². The summed E-state index contributed by atoms with van der Waals surface area (Å²) in [7, 11) is 0. The molecule has 54 valence electrons. The number of amides is 1. The Morgan fingerprint density at radius 2 is 2.11 bits per heavy atom. The largest absolute Gasteiger partial charge is 0.368 e. The third-order valence-corrected chi connectivity index (χ3v) is 3.84. The van der Waals surface area contributed by atoms with E-state index >= 15 is 0 Å². The van der Waals surface area contributed by atoms with Gasteiger partial charge in [0.25, 0.3) is 0 Å². The number of nitrogens with two attached hydrogens (primary N) is 1. The molecule has 0 radical (unpaired) electrons. The standard InChI is InChI=1S/C5H9Br2NO/c1-3(6)5(2,7)4(8)9/h3H,1-2H3,(H2,8,9). The Morgan fingerprint density at radius 3 is 2.11 bits per heavy atom. The average Bonchev–Trinajstić information content (AvgIpc) is 1.65. The van der Waals surface area contributed by atoms with Gasteiger partial charge in [0.15, 0.2) is 0 Å². The molecule has 0 saturated heterocycles. The smallest absolute Gasteiger partial charge is 0.235 e. The minimum atomic E-state index is -0.632. The molecule has 4 heteroatoms. The Kier molecular flexibility index (Phi) is 3.16. The third-order valence-electron chi connectivity index (χ3n) is 1.23. The highest BCUT2D eigenvalue weighted by atomic mass is 79.9. The highest BCUT2D eigenvalue weighted by Crippen LogP contribution is 2.26. The maximum absolute atomic E-state index is 10.6. The van der Waals surface area contributed by atoms with Crippen molar-refractivity contribution in [3.05, 3.63) is 0 Å². The first-order valence-corrected chi connectivity index (χ1v) is 4.22. The van der Waals surface area contributed by atoms with Crippen molar-refractivity contribution in [3.8, 4) is 0 Å². The fraction of sp³-hybridized carbons (Fsp3) is 0.800. The van der Waals surface area contributed by atoms with E-state index in [1.807, 2.05) is 6.92 Å². The van der Waals surface area contributed by atoms with Crippen LogP contribution in [0, 0.1) is 0 Å². The molecule has 0 aliphatic carbocycles. The number of alkyl halides is 2. The number of halogens is 2. The van der Waals surface area contributed by atoms with Crippen molar-refractivity contribution in [2.45, 2.75) is 23.0 Å². The van der Waals surface area contributed by atoms with Gasteiger partial charge in [-0.2, -0.15) is 0 Å². The van der Waals surface area contributed by atoms with E-state index in [4.69, 9.17) is 5.73 Å². The van der Waals surface area contributed by atoms with Crippen molar-refractivity contribution in [2.75, 3.05) is 0 Å². The van der Waals surface area contributed by atoms with Crippen LogP contribution in [0.1, 0.15) is 13.8 Å². The zero-order valence-corrected chi connectivity index (χ0v) is 8.49. The number of carbonyl (C=O) groups is 1. The molecular weight excluding hydrogens is 250 g/mol. The van der Waals surface area contributed by atoms with E-state index in [1.54, 1.807) is 6.92 Å². The lowest BCUT2D eigenvalue weighted by Gasteiger charge is -2.20. The summed E-state index contributed by atoms with van der Waals surface area (Å²) in [6.45, 7) is 3.59. The van der Waals surface area contributed by atoms with Crippen LogP contribution in [0.25, 0.3) is 0 Å². The molecule has 2 nitrogen and oxygen atoms in total. The van der Waals surface area contributed by atoms with Crippen molar-refractivity contribution in [2.24, 2.45) is 5.73 Å². The molecule has 2 unspecified atom stereocenters. The Labute approximate surface area is 71.4 Å². The molecule has 0 aromatic rings. The number of primary amides is 1. The first-order chi connectivity index (χ1) is 3.89. The summed E-state index contributed by atoms with van der Waals surface area (Å²) in [4.78, 5) is 10.7. The first kappa shape index (κ1) is 9.43. The van der Waals surface area contributed by atoms with Crippen molar-refractivity contribution in [1.29, 1.82) is 0 Å². The molecule has 0 rings (SSSR count). The SMILES string of the molecule is CC(Br)C(C)(Br)C(N)=O. The molecule has 0 saturated carbocycles. The van der Waals surface area contributed by atoms with Crippen LogP contribution >= 0.6 is 31.9 Å². The Hall–Kier alpha value is 0.430. The van der Waals surface area contributed by atoms with Crippen molar-refractivity contribution >= 4 is 37.8 Å².